The third-order valence-corrected chi connectivity index (χ3v) is 4.95. The molecule has 1 aromatic carbocycles. The first-order valence-electron chi connectivity index (χ1n) is 8.79. The topological polar surface area (TPSA) is 69.9 Å². The molecule has 1 unspecified atom stereocenters. The molecule has 7 heteroatoms. The van der Waals surface area contributed by atoms with Crippen LogP contribution in [0.1, 0.15) is 19.3 Å². The highest BCUT2D eigenvalue weighted by atomic mass is 35.5. The molecule has 6 nitrogen and oxygen atoms in total. The van der Waals surface area contributed by atoms with Crippen LogP contribution in [0.5, 0.6) is 0 Å². The van der Waals surface area contributed by atoms with Crippen LogP contribution in [0.15, 0.2) is 30.3 Å². The lowest BCUT2D eigenvalue weighted by molar-refractivity contribution is -0.133. The van der Waals surface area contributed by atoms with Crippen LogP contribution in [0, 0.1) is 0 Å². The molecule has 138 valence electrons. The number of nitrogens with two attached hydrogens (primary N) is 1. The van der Waals surface area contributed by atoms with Gasteiger partial charge in [-0.2, -0.15) is 0 Å². The minimum Gasteiger partial charge on any atom is -0.340 e. The Bertz CT molecular complexity index is 576. The molecule has 0 bridgehead atoms. The van der Waals surface area contributed by atoms with Gasteiger partial charge in [0.05, 0.1) is 6.04 Å². The maximum atomic E-state index is 12.8. The smallest absolute Gasteiger partial charge is 0.244 e. The number of hydrogen-bond acceptors (Lipinski definition) is 4. The summed E-state index contributed by atoms with van der Waals surface area (Å²) in [6.07, 6.45) is 2.13. The highest BCUT2D eigenvalue weighted by Gasteiger charge is 2.38. The van der Waals surface area contributed by atoms with Crippen LogP contribution in [0.2, 0.25) is 0 Å². The summed E-state index contributed by atoms with van der Waals surface area (Å²) in [6.45, 7) is 4.28. The summed E-state index contributed by atoms with van der Waals surface area (Å²) >= 11 is 0. The number of para-hydroxylation sites is 1. The van der Waals surface area contributed by atoms with Gasteiger partial charge in [0.25, 0.3) is 0 Å². The molecule has 1 atom stereocenters. The fourth-order valence-electron chi connectivity index (χ4n) is 3.56. The first-order valence-corrected chi connectivity index (χ1v) is 8.79. The Labute approximate surface area is 155 Å². The van der Waals surface area contributed by atoms with E-state index in [4.69, 9.17) is 5.73 Å². The Morgan fingerprint density at radius 2 is 1.76 bits per heavy atom. The Kier molecular flexibility index (Phi) is 7.23. The van der Waals surface area contributed by atoms with Gasteiger partial charge in [-0.1, -0.05) is 18.2 Å². The van der Waals surface area contributed by atoms with E-state index in [1.165, 1.54) is 0 Å². The summed E-state index contributed by atoms with van der Waals surface area (Å²) in [5.41, 5.74) is 6.44. The molecule has 0 aliphatic carbocycles. The van der Waals surface area contributed by atoms with Gasteiger partial charge in [-0.05, 0) is 31.5 Å². The summed E-state index contributed by atoms with van der Waals surface area (Å²) in [5, 5.41) is 0. The quantitative estimate of drug-likeness (QED) is 0.847. The number of benzene rings is 1. The summed E-state index contributed by atoms with van der Waals surface area (Å²) in [5.74, 6) is 0.368. The summed E-state index contributed by atoms with van der Waals surface area (Å²) in [6, 6.07) is 9.79. The van der Waals surface area contributed by atoms with E-state index in [0.717, 1.165) is 38.2 Å². The number of hydrogen-bond donors (Lipinski definition) is 1. The monoisotopic (exact) mass is 366 g/mol. The zero-order valence-corrected chi connectivity index (χ0v) is 15.3. The number of anilines is 1. The van der Waals surface area contributed by atoms with Gasteiger partial charge in [0, 0.05) is 44.8 Å². The Morgan fingerprint density at radius 3 is 2.40 bits per heavy atom. The van der Waals surface area contributed by atoms with Crippen LogP contribution in [0.25, 0.3) is 0 Å². The molecule has 2 heterocycles. The van der Waals surface area contributed by atoms with E-state index in [-0.39, 0.29) is 30.3 Å². The van der Waals surface area contributed by atoms with Crippen molar-refractivity contribution in [3.8, 4) is 0 Å². The first kappa shape index (κ1) is 19.7. The van der Waals surface area contributed by atoms with Crippen molar-refractivity contribution in [2.75, 3.05) is 44.2 Å². The van der Waals surface area contributed by atoms with Crippen LogP contribution < -0.4 is 10.6 Å². The van der Waals surface area contributed by atoms with Crippen molar-refractivity contribution < 1.29 is 9.59 Å². The zero-order chi connectivity index (χ0) is 16.9. The van der Waals surface area contributed by atoms with Crippen molar-refractivity contribution >= 4 is 29.9 Å². The fourth-order valence-corrected chi connectivity index (χ4v) is 3.56. The third-order valence-electron chi connectivity index (χ3n) is 4.95. The molecule has 0 saturated carbocycles. The van der Waals surface area contributed by atoms with Gasteiger partial charge < -0.3 is 15.5 Å². The van der Waals surface area contributed by atoms with Crippen molar-refractivity contribution in [1.82, 2.24) is 9.80 Å². The van der Waals surface area contributed by atoms with Crippen LogP contribution in [0.4, 0.5) is 5.69 Å². The van der Waals surface area contributed by atoms with Crippen LogP contribution >= 0.6 is 12.4 Å². The molecule has 2 aliphatic rings. The van der Waals surface area contributed by atoms with E-state index >= 15 is 0 Å². The maximum absolute atomic E-state index is 12.8. The number of rotatable bonds is 5. The van der Waals surface area contributed by atoms with Crippen molar-refractivity contribution in [2.24, 2.45) is 5.73 Å². The predicted octanol–water partition coefficient (Wildman–Crippen LogP) is 1.10. The van der Waals surface area contributed by atoms with Crippen LogP contribution in [-0.4, -0.2) is 66.9 Å². The molecule has 0 radical (unpaired) electrons. The normalized spacial score (nSPS) is 21.3. The first-order chi connectivity index (χ1) is 11.7. The van der Waals surface area contributed by atoms with E-state index in [0.29, 0.717) is 26.1 Å². The Morgan fingerprint density at radius 1 is 1.08 bits per heavy atom. The summed E-state index contributed by atoms with van der Waals surface area (Å²) in [4.78, 5) is 30.8. The van der Waals surface area contributed by atoms with E-state index in [1.807, 2.05) is 40.1 Å². The largest absolute Gasteiger partial charge is 0.340 e. The third kappa shape index (κ3) is 4.51. The lowest BCUT2D eigenvalue weighted by Gasteiger charge is -2.37. The molecule has 0 aromatic heterocycles. The highest BCUT2D eigenvalue weighted by Crippen LogP contribution is 2.25. The second-order valence-electron chi connectivity index (χ2n) is 6.44. The maximum Gasteiger partial charge on any atom is 0.244 e. The van der Waals surface area contributed by atoms with Gasteiger partial charge in [0.1, 0.15) is 0 Å². The Balaban J connectivity index is 0.00000225. The van der Waals surface area contributed by atoms with Crippen molar-refractivity contribution in [2.45, 2.75) is 25.3 Å². The van der Waals surface area contributed by atoms with E-state index in [2.05, 4.69) is 4.90 Å². The van der Waals surface area contributed by atoms with Gasteiger partial charge in [0.15, 0.2) is 0 Å². The molecular formula is C18H27ClN4O2. The molecule has 2 aliphatic heterocycles. The fraction of sp³-hybridized carbons (Fsp3) is 0.556. The SMILES string of the molecule is Cl.NCCCC(=O)N1CCN(C2CCN(c3ccccc3)C2=O)CC1. The minimum absolute atomic E-state index is 0. The lowest BCUT2D eigenvalue weighted by atomic mass is 10.1. The number of halogens is 1. The Hall–Kier alpha value is -1.63. The second-order valence-corrected chi connectivity index (χ2v) is 6.44. The summed E-state index contributed by atoms with van der Waals surface area (Å²) < 4.78 is 0. The number of amides is 2. The van der Waals surface area contributed by atoms with Crippen molar-refractivity contribution in [1.29, 1.82) is 0 Å². The molecular weight excluding hydrogens is 340 g/mol. The molecule has 2 fully saturated rings. The van der Waals surface area contributed by atoms with E-state index in [1.54, 1.807) is 0 Å². The van der Waals surface area contributed by atoms with Crippen molar-refractivity contribution in [3.63, 3.8) is 0 Å². The lowest BCUT2D eigenvalue weighted by Crippen LogP contribution is -2.53. The molecule has 2 saturated heterocycles. The van der Waals surface area contributed by atoms with Crippen LogP contribution in [-0.2, 0) is 9.59 Å². The summed E-state index contributed by atoms with van der Waals surface area (Å²) in [7, 11) is 0. The van der Waals surface area contributed by atoms with E-state index in [9.17, 15) is 9.59 Å². The molecule has 2 N–H and O–H groups in total. The van der Waals surface area contributed by atoms with Gasteiger partial charge in [0.2, 0.25) is 11.8 Å². The molecule has 0 spiro atoms. The number of carbonyl (C=O) groups is 2. The average molecular weight is 367 g/mol. The van der Waals surface area contributed by atoms with Crippen molar-refractivity contribution in [3.05, 3.63) is 30.3 Å². The van der Waals surface area contributed by atoms with Crippen LogP contribution in [0.3, 0.4) is 0 Å². The molecule has 1 aromatic rings. The predicted molar refractivity (Wildman–Crippen MR) is 101 cm³/mol. The van der Waals surface area contributed by atoms with Gasteiger partial charge >= 0.3 is 0 Å². The van der Waals surface area contributed by atoms with Gasteiger partial charge in [-0.15, -0.1) is 12.4 Å². The second kappa shape index (κ2) is 9.17. The average Bonchev–Trinajstić information content (AvgIpc) is 3.02. The number of piperazine rings is 1. The van der Waals surface area contributed by atoms with E-state index < -0.39 is 0 Å². The molecule has 2 amide bonds. The molecule has 25 heavy (non-hydrogen) atoms. The number of nitrogens with zero attached hydrogens (tertiary/aromatic N) is 3. The highest BCUT2D eigenvalue weighted by molar-refractivity contribution is 5.99. The number of carbonyl (C=O) groups excluding carboxylic acids is 2. The van der Waals surface area contributed by atoms with Gasteiger partial charge in [-0.25, -0.2) is 0 Å². The zero-order valence-electron chi connectivity index (χ0n) is 14.5. The molecule has 3 rings (SSSR count). The standard InChI is InChI=1S/C18H26N4O2.ClH/c19-9-4-7-17(23)21-13-11-20(12-14-21)16-8-10-22(18(16)24)15-5-2-1-3-6-15;/h1-3,5-6,16H,4,7-14,19H2;1H. The minimum atomic E-state index is -0.0495. The van der Waals surface area contributed by atoms with Gasteiger partial charge in [-0.3, -0.25) is 14.5 Å².